The second-order valence-electron chi connectivity index (χ2n) is 4.80. The first-order valence-corrected chi connectivity index (χ1v) is 6.41. The largest absolute Gasteiger partial charge is 0.347 e. The molecule has 4 rings (SSSR count). The van der Waals surface area contributed by atoms with Crippen LogP contribution in [-0.4, -0.2) is 42.3 Å². The van der Waals surface area contributed by atoms with Crippen LogP contribution in [0.5, 0.6) is 0 Å². The molecule has 20 heavy (non-hydrogen) atoms. The Hall–Kier alpha value is -2.70. The van der Waals surface area contributed by atoms with Crippen LogP contribution in [0, 0.1) is 0 Å². The first kappa shape index (κ1) is 11.2. The van der Waals surface area contributed by atoms with Gasteiger partial charge in [-0.05, 0) is 6.07 Å². The van der Waals surface area contributed by atoms with Gasteiger partial charge in [0.05, 0.1) is 41.7 Å². The lowest BCUT2D eigenvalue weighted by Gasteiger charge is -2.26. The number of aromatic amines is 2. The summed E-state index contributed by atoms with van der Waals surface area (Å²) in [5.74, 6) is -0.0192. The zero-order valence-electron chi connectivity index (χ0n) is 10.6. The van der Waals surface area contributed by atoms with Crippen LogP contribution in [0.25, 0.3) is 11.2 Å². The van der Waals surface area contributed by atoms with Gasteiger partial charge in [-0.15, -0.1) is 0 Å². The van der Waals surface area contributed by atoms with E-state index < -0.39 is 0 Å². The third-order valence-electron chi connectivity index (χ3n) is 3.58. The number of nitrogens with zero attached hydrogens (tertiary/aromatic N) is 4. The van der Waals surface area contributed by atoms with Gasteiger partial charge in [-0.2, -0.15) is 0 Å². The zero-order chi connectivity index (χ0) is 13.5. The standard InChI is InChI=1S/C13H12N6O/c20-13(8-3-10-12(14-4-8)18-7-16-10)19-2-1-9-11(5-19)17-6-15-9/h3-4,6-7H,1-2,5H2,(H,15,17)(H,14,16,18). The number of pyridine rings is 1. The van der Waals surface area contributed by atoms with Gasteiger partial charge in [0.1, 0.15) is 0 Å². The fourth-order valence-electron chi connectivity index (χ4n) is 2.51. The summed E-state index contributed by atoms with van der Waals surface area (Å²) in [5.41, 5.74) is 4.03. The van der Waals surface area contributed by atoms with Crippen LogP contribution < -0.4 is 0 Å². The van der Waals surface area contributed by atoms with Crippen LogP contribution in [-0.2, 0) is 13.0 Å². The van der Waals surface area contributed by atoms with E-state index in [-0.39, 0.29) is 5.91 Å². The Morgan fingerprint density at radius 3 is 3.05 bits per heavy atom. The predicted molar refractivity (Wildman–Crippen MR) is 70.9 cm³/mol. The van der Waals surface area contributed by atoms with E-state index >= 15 is 0 Å². The highest BCUT2D eigenvalue weighted by Gasteiger charge is 2.23. The first-order chi connectivity index (χ1) is 9.81. The quantitative estimate of drug-likeness (QED) is 0.685. The van der Waals surface area contributed by atoms with Crippen LogP contribution in [0.2, 0.25) is 0 Å². The normalized spacial score (nSPS) is 14.5. The number of nitrogens with one attached hydrogen (secondary N) is 2. The molecule has 100 valence electrons. The topological polar surface area (TPSA) is 90.6 Å². The number of H-pyrrole nitrogens is 2. The van der Waals surface area contributed by atoms with E-state index in [1.807, 2.05) is 0 Å². The van der Waals surface area contributed by atoms with Crippen molar-refractivity contribution in [2.24, 2.45) is 0 Å². The summed E-state index contributed by atoms with van der Waals surface area (Å²) < 4.78 is 0. The van der Waals surface area contributed by atoms with Gasteiger partial charge < -0.3 is 14.9 Å². The number of amides is 1. The molecule has 1 amide bonds. The van der Waals surface area contributed by atoms with Gasteiger partial charge in [-0.3, -0.25) is 4.79 Å². The van der Waals surface area contributed by atoms with E-state index in [0.717, 1.165) is 23.3 Å². The maximum absolute atomic E-state index is 12.5. The lowest BCUT2D eigenvalue weighted by molar-refractivity contribution is 0.0731. The van der Waals surface area contributed by atoms with Crippen LogP contribution in [0.15, 0.2) is 24.9 Å². The van der Waals surface area contributed by atoms with E-state index in [1.54, 1.807) is 29.8 Å². The molecule has 1 aliphatic rings. The molecule has 0 aromatic carbocycles. The molecule has 0 radical (unpaired) electrons. The highest BCUT2D eigenvalue weighted by molar-refractivity contribution is 5.96. The highest BCUT2D eigenvalue weighted by Crippen LogP contribution is 2.18. The number of carbonyl (C=O) groups is 1. The monoisotopic (exact) mass is 268 g/mol. The Morgan fingerprint density at radius 2 is 2.10 bits per heavy atom. The average molecular weight is 268 g/mol. The van der Waals surface area contributed by atoms with Crippen LogP contribution in [0.3, 0.4) is 0 Å². The molecule has 1 aliphatic heterocycles. The second-order valence-corrected chi connectivity index (χ2v) is 4.80. The van der Waals surface area contributed by atoms with E-state index in [0.29, 0.717) is 24.3 Å². The summed E-state index contributed by atoms with van der Waals surface area (Å²) in [7, 11) is 0. The number of hydrogen-bond acceptors (Lipinski definition) is 4. The first-order valence-electron chi connectivity index (χ1n) is 6.41. The molecule has 0 saturated heterocycles. The van der Waals surface area contributed by atoms with Crippen LogP contribution >= 0.6 is 0 Å². The molecule has 7 heteroatoms. The minimum atomic E-state index is -0.0192. The van der Waals surface area contributed by atoms with Crippen molar-refractivity contribution in [2.45, 2.75) is 13.0 Å². The molecular weight excluding hydrogens is 256 g/mol. The lowest BCUT2D eigenvalue weighted by Crippen LogP contribution is -2.36. The van der Waals surface area contributed by atoms with Crippen LogP contribution in [0.4, 0.5) is 0 Å². The summed E-state index contributed by atoms with van der Waals surface area (Å²) in [6.07, 6.45) is 5.61. The zero-order valence-corrected chi connectivity index (χ0v) is 10.6. The van der Waals surface area contributed by atoms with Crippen molar-refractivity contribution in [2.75, 3.05) is 6.54 Å². The number of hydrogen-bond donors (Lipinski definition) is 2. The molecular formula is C13H12N6O. The number of imidazole rings is 2. The van der Waals surface area contributed by atoms with Gasteiger partial charge in [0.2, 0.25) is 0 Å². The molecule has 4 heterocycles. The van der Waals surface area contributed by atoms with Gasteiger partial charge >= 0.3 is 0 Å². The number of aromatic nitrogens is 5. The van der Waals surface area contributed by atoms with E-state index in [9.17, 15) is 4.79 Å². The van der Waals surface area contributed by atoms with Crippen molar-refractivity contribution >= 4 is 17.1 Å². The van der Waals surface area contributed by atoms with Crippen molar-refractivity contribution in [3.63, 3.8) is 0 Å². The summed E-state index contributed by atoms with van der Waals surface area (Å²) in [4.78, 5) is 32.8. The molecule has 0 atom stereocenters. The fraction of sp³-hybridized carbons (Fsp3) is 0.231. The van der Waals surface area contributed by atoms with Crippen molar-refractivity contribution in [3.8, 4) is 0 Å². The summed E-state index contributed by atoms with van der Waals surface area (Å²) in [6.45, 7) is 1.24. The van der Waals surface area contributed by atoms with Crippen molar-refractivity contribution in [3.05, 3.63) is 41.9 Å². The van der Waals surface area contributed by atoms with E-state index in [4.69, 9.17) is 0 Å². The third kappa shape index (κ3) is 1.67. The minimum absolute atomic E-state index is 0.0192. The maximum atomic E-state index is 12.5. The molecule has 3 aromatic heterocycles. The van der Waals surface area contributed by atoms with E-state index in [1.165, 1.54) is 0 Å². The Labute approximate surface area is 114 Å². The molecule has 3 aromatic rings. The summed E-state index contributed by atoms with van der Waals surface area (Å²) >= 11 is 0. The third-order valence-corrected chi connectivity index (χ3v) is 3.58. The maximum Gasteiger partial charge on any atom is 0.255 e. The Bertz CT molecular complexity index is 789. The average Bonchev–Trinajstić information content (AvgIpc) is 3.13. The molecule has 7 nitrogen and oxygen atoms in total. The molecule has 2 N–H and O–H groups in total. The predicted octanol–water partition coefficient (Wildman–Crippen LogP) is 0.880. The smallest absolute Gasteiger partial charge is 0.255 e. The van der Waals surface area contributed by atoms with Crippen molar-refractivity contribution < 1.29 is 4.79 Å². The van der Waals surface area contributed by atoms with Crippen molar-refractivity contribution in [1.82, 2.24) is 29.8 Å². The highest BCUT2D eigenvalue weighted by atomic mass is 16.2. The molecule has 0 bridgehead atoms. The Morgan fingerprint density at radius 1 is 1.20 bits per heavy atom. The molecule has 0 aliphatic carbocycles. The number of fused-ring (bicyclic) bond motifs is 2. The lowest BCUT2D eigenvalue weighted by atomic mass is 10.1. The Balaban J connectivity index is 1.64. The second kappa shape index (κ2) is 4.16. The SMILES string of the molecule is O=C(c1cnc2nc[nH]c2c1)N1CCc2nc[nH]c2C1. The number of rotatable bonds is 1. The van der Waals surface area contributed by atoms with Gasteiger partial charge in [0.25, 0.3) is 5.91 Å². The van der Waals surface area contributed by atoms with Gasteiger partial charge in [-0.1, -0.05) is 0 Å². The molecule has 0 spiro atoms. The number of carbonyl (C=O) groups excluding carboxylic acids is 1. The van der Waals surface area contributed by atoms with Gasteiger partial charge in [0.15, 0.2) is 5.65 Å². The van der Waals surface area contributed by atoms with Gasteiger partial charge in [0, 0.05) is 19.2 Å². The Kier molecular flexibility index (Phi) is 2.32. The van der Waals surface area contributed by atoms with Crippen LogP contribution in [0.1, 0.15) is 21.7 Å². The minimum Gasteiger partial charge on any atom is -0.347 e. The molecule has 0 saturated carbocycles. The van der Waals surface area contributed by atoms with Gasteiger partial charge in [-0.25, -0.2) is 15.0 Å². The fourth-order valence-corrected chi connectivity index (χ4v) is 2.51. The molecule has 0 unspecified atom stereocenters. The summed E-state index contributed by atoms with van der Waals surface area (Å²) in [5, 5.41) is 0. The van der Waals surface area contributed by atoms with Crippen molar-refractivity contribution in [1.29, 1.82) is 0 Å². The summed E-state index contributed by atoms with van der Waals surface area (Å²) in [6, 6.07) is 1.79. The van der Waals surface area contributed by atoms with E-state index in [2.05, 4.69) is 24.9 Å². The molecule has 0 fully saturated rings.